The first-order valence-corrected chi connectivity index (χ1v) is 4.43. The van der Waals surface area contributed by atoms with Gasteiger partial charge in [-0.05, 0) is 12.8 Å². The summed E-state index contributed by atoms with van der Waals surface area (Å²) in [4.78, 5) is 11.8. The molecule has 2 heterocycles. The van der Waals surface area contributed by atoms with Gasteiger partial charge in [0, 0.05) is 5.57 Å². The number of nitrogens with one attached hydrogen (secondary N) is 1. The van der Waals surface area contributed by atoms with Gasteiger partial charge in [-0.2, -0.15) is 5.10 Å². The molecule has 1 aromatic heterocycles. The zero-order valence-electron chi connectivity index (χ0n) is 7.62. The van der Waals surface area contributed by atoms with Crippen LogP contribution < -0.4 is 5.73 Å². The summed E-state index contributed by atoms with van der Waals surface area (Å²) in [6.45, 7) is 0.678. The van der Waals surface area contributed by atoms with Gasteiger partial charge in [-0.3, -0.25) is 9.89 Å². The van der Waals surface area contributed by atoms with Crippen molar-refractivity contribution in [3.8, 4) is 0 Å². The van der Waals surface area contributed by atoms with Crippen LogP contribution in [0.5, 0.6) is 0 Å². The molecule has 0 saturated carbocycles. The number of aromatic nitrogens is 2. The molecule has 5 heteroatoms. The third-order valence-electron chi connectivity index (χ3n) is 2.14. The lowest BCUT2D eigenvalue weighted by atomic mass is 10.0. The van der Waals surface area contributed by atoms with Crippen molar-refractivity contribution in [3.63, 3.8) is 0 Å². The van der Waals surface area contributed by atoms with Gasteiger partial charge in [-0.1, -0.05) is 0 Å². The molecule has 3 N–H and O–H groups in total. The van der Waals surface area contributed by atoms with E-state index in [2.05, 4.69) is 10.2 Å². The zero-order chi connectivity index (χ0) is 9.97. The molecule has 0 amide bonds. The molecule has 0 fully saturated rings. The average molecular weight is 193 g/mol. The molecule has 0 saturated heterocycles. The van der Waals surface area contributed by atoms with Crippen molar-refractivity contribution in [2.75, 3.05) is 12.3 Å². The van der Waals surface area contributed by atoms with E-state index in [4.69, 9.17) is 10.5 Å². The first kappa shape index (κ1) is 8.80. The highest BCUT2D eigenvalue weighted by Crippen LogP contribution is 2.19. The van der Waals surface area contributed by atoms with Crippen molar-refractivity contribution in [2.45, 2.75) is 12.8 Å². The lowest BCUT2D eigenvalue weighted by Gasteiger charge is -2.11. The third-order valence-corrected chi connectivity index (χ3v) is 2.14. The second-order valence-electron chi connectivity index (χ2n) is 3.14. The van der Waals surface area contributed by atoms with E-state index in [9.17, 15) is 4.79 Å². The maximum atomic E-state index is 11.8. The number of Topliss-reactive ketones (excluding diaryl/α,β-unsaturated/α-hetero) is 1. The second kappa shape index (κ2) is 3.53. The number of rotatable bonds is 2. The number of anilines is 1. The van der Waals surface area contributed by atoms with Crippen LogP contribution in [0.25, 0.3) is 0 Å². The number of nitrogens with two attached hydrogens (primary N) is 1. The van der Waals surface area contributed by atoms with Crippen LogP contribution in [-0.2, 0) is 4.74 Å². The van der Waals surface area contributed by atoms with Crippen LogP contribution in [0.15, 0.2) is 18.0 Å². The molecule has 1 aliphatic heterocycles. The highest BCUT2D eigenvalue weighted by atomic mass is 16.5. The van der Waals surface area contributed by atoms with Gasteiger partial charge in [-0.15, -0.1) is 0 Å². The average Bonchev–Trinajstić information content (AvgIpc) is 2.65. The molecule has 0 aliphatic carbocycles. The highest BCUT2D eigenvalue weighted by molar-refractivity contribution is 6.11. The van der Waals surface area contributed by atoms with Crippen LogP contribution in [0.1, 0.15) is 23.2 Å². The molecule has 2 rings (SSSR count). The quantitative estimate of drug-likeness (QED) is 0.683. The molecule has 0 aromatic carbocycles. The summed E-state index contributed by atoms with van der Waals surface area (Å²) in [5.74, 6) is 0.206. The third kappa shape index (κ3) is 1.48. The van der Waals surface area contributed by atoms with Gasteiger partial charge in [0.25, 0.3) is 0 Å². The molecule has 14 heavy (non-hydrogen) atoms. The molecule has 0 atom stereocenters. The number of aromatic amines is 1. The van der Waals surface area contributed by atoms with Crippen molar-refractivity contribution in [1.82, 2.24) is 10.2 Å². The molecule has 0 radical (unpaired) electrons. The van der Waals surface area contributed by atoms with Crippen molar-refractivity contribution >= 4 is 11.6 Å². The standard InChI is InChI=1S/C9H11N3O2/c10-9-7(4-11-12-9)8(13)6-2-1-3-14-5-6/h4-5H,1-3H2,(H3,10,11,12). The van der Waals surface area contributed by atoms with Crippen LogP contribution in [0, 0.1) is 0 Å². The number of hydrogen-bond acceptors (Lipinski definition) is 4. The normalized spacial score (nSPS) is 15.9. The summed E-state index contributed by atoms with van der Waals surface area (Å²) in [6.07, 6.45) is 4.56. The molecule has 0 bridgehead atoms. The molecule has 0 unspecified atom stereocenters. The van der Waals surface area contributed by atoms with E-state index in [1.54, 1.807) is 0 Å². The number of H-pyrrole nitrogens is 1. The zero-order valence-corrected chi connectivity index (χ0v) is 7.62. The maximum Gasteiger partial charge on any atom is 0.197 e. The number of allylic oxidation sites excluding steroid dienone is 1. The Kier molecular flexibility index (Phi) is 2.22. The van der Waals surface area contributed by atoms with Gasteiger partial charge in [0.1, 0.15) is 5.82 Å². The Morgan fingerprint density at radius 2 is 2.50 bits per heavy atom. The number of carbonyl (C=O) groups is 1. The Labute approximate surface area is 80.9 Å². The predicted octanol–water partition coefficient (Wildman–Crippen LogP) is 0.869. The number of nitrogen functional groups attached to an aromatic ring is 1. The number of ketones is 1. The van der Waals surface area contributed by atoms with Gasteiger partial charge in [0.05, 0.1) is 24.6 Å². The SMILES string of the molecule is Nc1[nH]ncc1C(=O)C1=COCCC1. The largest absolute Gasteiger partial charge is 0.501 e. The summed E-state index contributed by atoms with van der Waals surface area (Å²) < 4.78 is 5.09. The Bertz CT molecular complexity index is 381. The van der Waals surface area contributed by atoms with Crippen LogP contribution in [0.2, 0.25) is 0 Å². The number of hydrogen-bond donors (Lipinski definition) is 2. The van der Waals surface area contributed by atoms with Gasteiger partial charge in [-0.25, -0.2) is 0 Å². The monoisotopic (exact) mass is 193 g/mol. The number of ether oxygens (including phenoxy) is 1. The molecule has 0 spiro atoms. The molecular formula is C9H11N3O2. The molecule has 74 valence electrons. The minimum absolute atomic E-state index is 0.101. The second-order valence-corrected chi connectivity index (χ2v) is 3.14. The lowest BCUT2D eigenvalue weighted by Crippen LogP contribution is -2.10. The first-order chi connectivity index (χ1) is 6.79. The minimum Gasteiger partial charge on any atom is -0.501 e. The van der Waals surface area contributed by atoms with Crippen LogP contribution in [-0.4, -0.2) is 22.6 Å². The Balaban J connectivity index is 2.23. The summed E-state index contributed by atoms with van der Waals surface area (Å²) in [5.41, 5.74) is 6.62. The van der Waals surface area contributed by atoms with Gasteiger partial charge in [0.15, 0.2) is 5.78 Å². The Morgan fingerprint density at radius 3 is 3.07 bits per heavy atom. The molecule has 1 aliphatic rings. The van der Waals surface area contributed by atoms with Crippen LogP contribution in [0.4, 0.5) is 5.82 Å². The fourth-order valence-electron chi connectivity index (χ4n) is 1.38. The maximum absolute atomic E-state index is 11.8. The Hall–Kier alpha value is -1.78. The van der Waals surface area contributed by atoms with Gasteiger partial charge >= 0.3 is 0 Å². The summed E-state index contributed by atoms with van der Waals surface area (Å²) in [5, 5.41) is 6.23. The van der Waals surface area contributed by atoms with Crippen molar-refractivity contribution in [2.24, 2.45) is 0 Å². The minimum atomic E-state index is -0.101. The smallest absolute Gasteiger partial charge is 0.197 e. The summed E-state index contributed by atoms with van der Waals surface area (Å²) >= 11 is 0. The van der Waals surface area contributed by atoms with E-state index in [1.807, 2.05) is 0 Å². The van der Waals surface area contributed by atoms with Crippen molar-refractivity contribution in [1.29, 1.82) is 0 Å². The molecule has 1 aromatic rings. The topological polar surface area (TPSA) is 81.0 Å². The van der Waals surface area contributed by atoms with Crippen molar-refractivity contribution < 1.29 is 9.53 Å². The van der Waals surface area contributed by atoms with E-state index in [0.29, 0.717) is 23.6 Å². The highest BCUT2D eigenvalue weighted by Gasteiger charge is 2.18. The van der Waals surface area contributed by atoms with E-state index in [0.717, 1.165) is 12.8 Å². The van der Waals surface area contributed by atoms with Gasteiger partial charge < -0.3 is 10.5 Å². The fraction of sp³-hybridized carbons (Fsp3) is 0.333. The number of nitrogens with zero attached hydrogens (tertiary/aromatic N) is 1. The molecule has 5 nitrogen and oxygen atoms in total. The van der Waals surface area contributed by atoms with E-state index >= 15 is 0 Å². The van der Waals surface area contributed by atoms with Gasteiger partial charge in [0.2, 0.25) is 0 Å². The first-order valence-electron chi connectivity index (χ1n) is 4.43. The lowest BCUT2D eigenvalue weighted by molar-refractivity contribution is 0.101. The van der Waals surface area contributed by atoms with E-state index in [1.165, 1.54) is 12.5 Å². The van der Waals surface area contributed by atoms with E-state index < -0.39 is 0 Å². The van der Waals surface area contributed by atoms with E-state index in [-0.39, 0.29) is 5.78 Å². The predicted molar refractivity (Wildman–Crippen MR) is 50.6 cm³/mol. The van der Waals surface area contributed by atoms with Crippen molar-refractivity contribution in [3.05, 3.63) is 23.6 Å². The summed E-state index contributed by atoms with van der Waals surface area (Å²) in [7, 11) is 0. The fourth-order valence-corrected chi connectivity index (χ4v) is 1.38. The summed E-state index contributed by atoms with van der Waals surface area (Å²) in [6, 6.07) is 0. The van der Waals surface area contributed by atoms with Crippen LogP contribution >= 0.6 is 0 Å². The number of carbonyl (C=O) groups excluding carboxylic acids is 1. The van der Waals surface area contributed by atoms with Crippen LogP contribution in [0.3, 0.4) is 0 Å². The molecular weight excluding hydrogens is 182 g/mol. The Morgan fingerprint density at radius 1 is 1.64 bits per heavy atom.